The molecule has 0 bridgehead atoms. The van der Waals surface area contributed by atoms with E-state index in [4.69, 9.17) is 0 Å². The zero-order valence-electron chi connectivity index (χ0n) is 7.49. The van der Waals surface area contributed by atoms with Gasteiger partial charge >= 0.3 is 0 Å². The van der Waals surface area contributed by atoms with Crippen molar-refractivity contribution >= 4 is 33.1 Å². The van der Waals surface area contributed by atoms with Crippen LogP contribution < -0.4 is 0 Å². The number of hydrogen-bond donors (Lipinski definition) is 1. The van der Waals surface area contributed by atoms with Crippen LogP contribution in [0.1, 0.15) is 10.5 Å². The molecule has 0 radical (unpaired) electrons. The molecular weight excluding hydrogens is 246 g/mol. The molecule has 3 nitrogen and oxygen atoms in total. The van der Waals surface area contributed by atoms with Gasteiger partial charge in [0.05, 0.1) is 11.2 Å². The van der Waals surface area contributed by atoms with Gasteiger partial charge in [0, 0.05) is 16.9 Å². The molecule has 0 saturated carbocycles. The molecule has 4 heteroatoms. The molecule has 0 aliphatic rings. The Morgan fingerprint density at radius 2 is 2.21 bits per heavy atom. The Morgan fingerprint density at radius 1 is 1.50 bits per heavy atom. The third-order valence-electron chi connectivity index (χ3n) is 2.28. The highest BCUT2D eigenvalue weighted by Crippen LogP contribution is 2.32. The van der Waals surface area contributed by atoms with Gasteiger partial charge in [0.1, 0.15) is 5.75 Å². The van der Waals surface area contributed by atoms with Gasteiger partial charge in [0.15, 0.2) is 6.29 Å². The molecule has 0 aliphatic heterocycles. The largest absolute Gasteiger partial charge is 0.507 e. The summed E-state index contributed by atoms with van der Waals surface area (Å²) in [5.41, 5.74) is 1.37. The van der Waals surface area contributed by atoms with Crippen LogP contribution in [0.3, 0.4) is 0 Å². The summed E-state index contributed by atoms with van der Waals surface area (Å²) < 4.78 is 2.60. The van der Waals surface area contributed by atoms with E-state index in [2.05, 4.69) is 15.9 Å². The molecule has 1 aromatic heterocycles. The van der Waals surface area contributed by atoms with Crippen molar-refractivity contribution in [2.45, 2.75) is 0 Å². The summed E-state index contributed by atoms with van der Waals surface area (Å²) in [7, 11) is 1.79. The van der Waals surface area contributed by atoms with Gasteiger partial charge in [-0.25, -0.2) is 0 Å². The molecule has 0 spiro atoms. The summed E-state index contributed by atoms with van der Waals surface area (Å²) in [6, 6.07) is 5.02. The van der Waals surface area contributed by atoms with Crippen molar-refractivity contribution in [3.8, 4) is 5.75 Å². The van der Waals surface area contributed by atoms with E-state index in [0.29, 0.717) is 11.1 Å². The maximum atomic E-state index is 10.7. The van der Waals surface area contributed by atoms with Crippen molar-refractivity contribution in [1.82, 2.24) is 4.57 Å². The van der Waals surface area contributed by atoms with E-state index < -0.39 is 0 Å². The minimum absolute atomic E-state index is 0.187. The van der Waals surface area contributed by atoms with Crippen LogP contribution >= 0.6 is 15.9 Å². The van der Waals surface area contributed by atoms with E-state index in [1.54, 1.807) is 29.8 Å². The fourth-order valence-electron chi connectivity index (χ4n) is 1.54. The van der Waals surface area contributed by atoms with Gasteiger partial charge < -0.3 is 9.67 Å². The third-order valence-corrected chi connectivity index (χ3v) is 2.92. The number of aromatic nitrogens is 1. The van der Waals surface area contributed by atoms with Crippen molar-refractivity contribution in [1.29, 1.82) is 0 Å². The van der Waals surface area contributed by atoms with Crippen LogP contribution in [-0.4, -0.2) is 16.0 Å². The SMILES string of the molecule is Cn1c(C=O)cc2c(O)ccc(Br)c21. The van der Waals surface area contributed by atoms with E-state index in [-0.39, 0.29) is 5.75 Å². The van der Waals surface area contributed by atoms with Crippen molar-refractivity contribution in [3.05, 3.63) is 28.4 Å². The molecule has 0 aliphatic carbocycles. The summed E-state index contributed by atoms with van der Waals surface area (Å²) in [6.07, 6.45) is 0.770. The van der Waals surface area contributed by atoms with Crippen LogP contribution in [0.15, 0.2) is 22.7 Å². The lowest BCUT2D eigenvalue weighted by Crippen LogP contribution is -1.93. The molecule has 1 N–H and O–H groups in total. The van der Waals surface area contributed by atoms with Gasteiger partial charge in [0.2, 0.25) is 0 Å². The van der Waals surface area contributed by atoms with Crippen LogP contribution in [0.25, 0.3) is 10.9 Å². The molecule has 1 aromatic carbocycles. The highest BCUT2D eigenvalue weighted by Gasteiger charge is 2.10. The van der Waals surface area contributed by atoms with Gasteiger partial charge in [0.25, 0.3) is 0 Å². The second-order valence-electron chi connectivity index (χ2n) is 3.07. The summed E-state index contributed by atoms with van der Waals surface area (Å²) in [4.78, 5) is 10.7. The second kappa shape index (κ2) is 3.13. The van der Waals surface area contributed by atoms with Gasteiger partial charge in [-0.05, 0) is 34.1 Å². The van der Waals surface area contributed by atoms with Crippen molar-refractivity contribution < 1.29 is 9.90 Å². The number of rotatable bonds is 1. The Balaban J connectivity index is 2.97. The first-order valence-electron chi connectivity index (χ1n) is 4.07. The molecular formula is C10H8BrNO2. The van der Waals surface area contributed by atoms with Crippen LogP contribution in [0.2, 0.25) is 0 Å². The number of aryl methyl sites for hydroxylation is 1. The Hall–Kier alpha value is -1.29. The number of nitrogens with zero attached hydrogens (tertiary/aromatic N) is 1. The van der Waals surface area contributed by atoms with Gasteiger partial charge in [-0.3, -0.25) is 4.79 Å². The molecule has 0 amide bonds. The first kappa shape index (κ1) is 9.27. The number of carbonyl (C=O) groups is 1. The predicted octanol–water partition coefficient (Wildman–Crippen LogP) is 2.46. The van der Waals surface area contributed by atoms with Crippen LogP contribution in [-0.2, 0) is 7.05 Å². The molecule has 2 rings (SSSR count). The number of carbonyl (C=O) groups excluding carboxylic acids is 1. The lowest BCUT2D eigenvalue weighted by molar-refractivity contribution is 0.111. The zero-order chi connectivity index (χ0) is 10.3. The monoisotopic (exact) mass is 253 g/mol. The number of hydrogen-bond acceptors (Lipinski definition) is 2. The maximum Gasteiger partial charge on any atom is 0.166 e. The zero-order valence-corrected chi connectivity index (χ0v) is 9.08. The summed E-state index contributed by atoms with van der Waals surface area (Å²) in [6.45, 7) is 0. The molecule has 1 heterocycles. The smallest absolute Gasteiger partial charge is 0.166 e. The van der Waals surface area contributed by atoms with Gasteiger partial charge in [-0.2, -0.15) is 0 Å². The maximum absolute atomic E-state index is 10.7. The average molecular weight is 254 g/mol. The van der Waals surface area contributed by atoms with E-state index in [1.807, 2.05) is 0 Å². The Kier molecular flexibility index (Phi) is 2.07. The lowest BCUT2D eigenvalue weighted by Gasteiger charge is -2.01. The number of phenols is 1. The number of fused-ring (bicyclic) bond motifs is 1. The number of halogens is 1. The third kappa shape index (κ3) is 1.14. The van der Waals surface area contributed by atoms with E-state index >= 15 is 0 Å². The molecule has 0 atom stereocenters. The van der Waals surface area contributed by atoms with Crippen LogP contribution in [0, 0.1) is 0 Å². The number of benzene rings is 1. The van der Waals surface area contributed by atoms with Gasteiger partial charge in [-0.1, -0.05) is 0 Å². The number of phenolic OH excluding ortho intramolecular Hbond substituents is 1. The molecule has 0 unspecified atom stereocenters. The fourth-order valence-corrected chi connectivity index (χ4v) is 2.15. The normalized spacial score (nSPS) is 10.7. The first-order chi connectivity index (χ1) is 6.65. The Bertz CT molecular complexity index is 516. The fraction of sp³-hybridized carbons (Fsp3) is 0.100. The summed E-state index contributed by atoms with van der Waals surface area (Å²) in [5, 5.41) is 10.3. The highest BCUT2D eigenvalue weighted by molar-refractivity contribution is 9.10. The average Bonchev–Trinajstić information content (AvgIpc) is 2.51. The van der Waals surface area contributed by atoms with Crippen LogP contribution in [0.4, 0.5) is 0 Å². The highest BCUT2D eigenvalue weighted by atomic mass is 79.9. The predicted molar refractivity (Wildman–Crippen MR) is 57.7 cm³/mol. The number of aromatic hydroxyl groups is 1. The Labute approximate surface area is 89.1 Å². The molecule has 2 aromatic rings. The van der Waals surface area contributed by atoms with Crippen LogP contribution in [0.5, 0.6) is 5.75 Å². The first-order valence-corrected chi connectivity index (χ1v) is 4.86. The molecule has 0 saturated heterocycles. The van der Waals surface area contributed by atoms with E-state index in [1.165, 1.54) is 0 Å². The minimum atomic E-state index is 0.187. The van der Waals surface area contributed by atoms with Gasteiger partial charge in [-0.15, -0.1) is 0 Å². The topological polar surface area (TPSA) is 42.2 Å². The second-order valence-corrected chi connectivity index (χ2v) is 3.93. The lowest BCUT2D eigenvalue weighted by atomic mass is 10.2. The van der Waals surface area contributed by atoms with Crippen molar-refractivity contribution in [2.75, 3.05) is 0 Å². The van der Waals surface area contributed by atoms with Crippen molar-refractivity contribution in [3.63, 3.8) is 0 Å². The Morgan fingerprint density at radius 3 is 2.79 bits per heavy atom. The molecule has 0 fully saturated rings. The minimum Gasteiger partial charge on any atom is -0.507 e. The summed E-state index contributed by atoms with van der Waals surface area (Å²) in [5.74, 6) is 0.187. The van der Waals surface area contributed by atoms with E-state index in [9.17, 15) is 9.90 Å². The standard InChI is InChI=1S/C10H8BrNO2/c1-12-6(5-13)4-7-9(14)3-2-8(11)10(7)12/h2-5,14H,1H3. The molecule has 14 heavy (non-hydrogen) atoms. The van der Waals surface area contributed by atoms with E-state index in [0.717, 1.165) is 16.3 Å². The summed E-state index contributed by atoms with van der Waals surface area (Å²) >= 11 is 3.38. The number of aldehydes is 1. The quantitative estimate of drug-likeness (QED) is 0.794. The molecule has 72 valence electrons. The van der Waals surface area contributed by atoms with Crippen molar-refractivity contribution in [2.24, 2.45) is 7.05 Å².